The lowest BCUT2D eigenvalue weighted by Crippen LogP contribution is -2.41. The van der Waals surface area contributed by atoms with Crippen LogP contribution < -0.4 is 5.32 Å². The van der Waals surface area contributed by atoms with Gasteiger partial charge in [0.05, 0.1) is 12.2 Å². The molecule has 1 N–H and O–H groups in total. The number of anilines is 2. The molecule has 2 aromatic heterocycles. The standard InChI is InChI=1S/C19H26N6O/c1-14-6-4-8-16(22-14)23-19-18(20-9-10-21-19)15-7-5-11-25(12-15)13-17(26)24(2)3/h4,6,8-10,15H,5,7,11-13H2,1-3H3,(H,21,22,23)/t15-/m1/s1. The van der Waals surface area contributed by atoms with Crippen molar-refractivity contribution in [1.29, 1.82) is 0 Å². The van der Waals surface area contributed by atoms with Crippen molar-refractivity contribution in [2.24, 2.45) is 0 Å². The Labute approximate surface area is 154 Å². The van der Waals surface area contributed by atoms with Gasteiger partial charge in [-0.25, -0.2) is 9.97 Å². The van der Waals surface area contributed by atoms with Gasteiger partial charge < -0.3 is 10.2 Å². The molecule has 138 valence electrons. The van der Waals surface area contributed by atoms with Gasteiger partial charge >= 0.3 is 0 Å². The van der Waals surface area contributed by atoms with Crippen LogP contribution in [0.25, 0.3) is 0 Å². The van der Waals surface area contributed by atoms with E-state index in [0.717, 1.165) is 49.0 Å². The second-order valence-electron chi connectivity index (χ2n) is 6.94. The Bertz CT molecular complexity index is 763. The summed E-state index contributed by atoms with van der Waals surface area (Å²) in [6.07, 6.45) is 5.51. The molecule has 3 heterocycles. The summed E-state index contributed by atoms with van der Waals surface area (Å²) in [5, 5.41) is 3.31. The zero-order chi connectivity index (χ0) is 18.5. The zero-order valence-corrected chi connectivity index (χ0v) is 15.6. The summed E-state index contributed by atoms with van der Waals surface area (Å²) in [7, 11) is 3.59. The second-order valence-corrected chi connectivity index (χ2v) is 6.94. The molecule has 0 unspecified atom stereocenters. The molecular formula is C19H26N6O. The minimum absolute atomic E-state index is 0.132. The van der Waals surface area contributed by atoms with Gasteiger partial charge in [-0.05, 0) is 38.4 Å². The number of carbonyl (C=O) groups is 1. The molecule has 1 aliphatic heterocycles. The molecule has 0 spiro atoms. The monoisotopic (exact) mass is 354 g/mol. The van der Waals surface area contributed by atoms with Crippen LogP contribution in [0.3, 0.4) is 0 Å². The molecule has 0 radical (unpaired) electrons. The minimum Gasteiger partial charge on any atom is -0.348 e. The lowest BCUT2D eigenvalue weighted by molar-refractivity contribution is -0.130. The maximum Gasteiger partial charge on any atom is 0.236 e. The van der Waals surface area contributed by atoms with E-state index < -0.39 is 0 Å². The van der Waals surface area contributed by atoms with E-state index in [2.05, 4.69) is 25.2 Å². The first kappa shape index (κ1) is 18.3. The van der Waals surface area contributed by atoms with Crippen LogP contribution in [0, 0.1) is 6.92 Å². The molecule has 1 saturated heterocycles. The van der Waals surface area contributed by atoms with Crippen LogP contribution in [-0.2, 0) is 4.79 Å². The Morgan fingerprint density at radius 1 is 1.31 bits per heavy atom. The van der Waals surface area contributed by atoms with E-state index in [0.29, 0.717) is 6.54 Å². The molecule has 0 saturated carbocycles. The molecule has 1 amide bonds. The highest BCUT2D eigenvalue weighted by Gasteiger charge is 2.26. The second kappa shape index (κ2) is 8.23. The number of likely N-dealkylation sites (tertiary alicyclic amines) is 1. The molecule has 0 bridgehead atoms. The van der Waals surface area contributed by atoms with Gasteiger partial charge in [0.15, 0.2) is 5.82 Å². The molecule has 1 aliphatic rings. The number of nitrogens with one attached hydrogen (secondary N) is 1. The minimum atomic E-state index is 0.132. The van der Waals surface area contributed by atoms with E-state index in [9.17, 15) is 4.79 Å². The fourth-order valence-electron chi connectivity index (χ4n) is 3.23. The Morgan fingerprint density at radius 3 is 2.88 bits per heavy atom. The molecule has 7 nitrogen and oxygen atoms in total. The molecule has 3 rings (SSSR count). The summed E-state index contributed by atoms with van der Waals surface area (Å²) in [6, 6.07) is 5.85. The third-order valence-electron chi connectivity index (χ3n) is 4.61. The van der Waals surface area contributed by atoms with Gasteiger partial charge in [-0.1, -0.05) is 6.07 Å². The summed E-state index contributed by atoms with van der Waals surface area (Å²) >= 11 is 0. The van der Waals surface area contributed by atoms with Crippen LogP contribution in [0.1, 0.15) is 30.1 Å². The molecular weight excluding hydrogens is 328 g/mol. The quantitative estimate of drug-likeness (QED) is 0.887. The van der Waals surface area contributed by atoms with Crippen LogP contribution in [0.5, 0.6) is 0 Å². The molecule has 2 aromatic rings. The van der Waals surface area contributed by atoms with E-state index in [1.54, 1.807) is 31.4 Å². The molecule has 7 heteroatoms. The zero-order valence-electron chi connectivity index (χ0n) is 15.6. The van der Waals surface area contributed by atoms with Crippen molar-refractivity contribution in [1.82, 2.24) is 24.8 Å². The van der Waals surface area contributed by atoms with E-state index in [1.807, 2.05) is 25.1 Å². The summed E-state index contributed by atoms with van der Waals surface area (Å²) in [5.74, 6) is 1.89. The van der Waals surface area contributed by atoms with Gasteiger partial charge in [-0.2, -0.15) is 0 Å². The number of piperidine rings is 1. The molecule has 1 fully saturated rings. The van der Waals surface area contributed by atoms with Crippen molar-refractivity contribution >= 4 is 17.5 Å². The van der Waals surface area contributed by atoms with E-state index in [1.165, 1.54) is 0 Å². The van der Waals surface area contributed by atoms with Crippen LogP contribution >= 0.6 is 0 Å². The van der Waals surface area contributed by atoms with E-state index in [-0.39, 0.29) is 11.8 Å². The first-order valence-electron chi connectivity index (χ1n) is 8.97. The van der Waals surface area contributed by atoms with Crippen LogP contribution in [-0.4, -0.2) is 64.4 Å². The van der Waals surface area contributed by atoms with E-state index >= 15 is 0 Å². The number of pyridine rings is 1. The SMILES string of the molecule is Cc1cccc(Nc2nccnc2[C@@H]2CCCN(CC(=O)N(C)C)C2)n1. The highest BCUT2D eigenvalue weighted by atomic mass is 16.2. The Hall–Kier alpha value is -2.54. The maximum atomic E-state index is 12.0. The molecule has 26 heavy (non-hydrogen) atoms. The van der Waals surface area contributed by atoms with Gasteiger partial charge in [0.1, 0.15) is 5.82 Å². The highest BCUT2D eigenvalue weighted by Crippen LogP contribution is 2.30. The van der Waals surface area contributed by atoms with Gasteiger partial charge in [-0.3, -0.25) is 14.7 Å². The Balaban J connectivity index is 1.75. The topological polar surface area (TPSA) is 74.2 Å². The van der Waals surface area contributed by atoms with Crippen LogP contribution in [0.15, 0.2) is 30.6 Å². The van der Waals surface area contributed by atoms with Crippen LogP contribution in [0.4, 0.5) is 11.6 Å². The number of nitrogens with zero attached hydrogens (tertiary/aromatic N) is 5. The van der Waals surface area contributed by atoms with Crippen molar-refractivity contribution in [3.05, 3.63) is 42.0 Å². The summed E-state index contributed by atoms with van der Waals surface area (Å²) in [4.78, 5) is 29.4. The average Bonchev–Trinajstić information content (AvgIpc) is 2.62. The lowest BCUT2D eigenvalue weighted by atomic mass is 9.94. The fourth-order valence-corrected chi connectivity index (χ4v) is 3.23. The molecule has 0 aliphatic carbocycles. The summed E-state index contributed by atoms with van der Waals surface area (Å²) in [5.41, 5.74) is 1.89. The molecule has 1 atom stereocenters. The first-order valence-corrected chi connectivity index (χ1v) is 8.97. The fraction of sp³-hybridized carbons (Fsp3) is 0.474. The van der Waals surface area contributed by atoms with Gasteiger partial charge in [0.25, 0.3) is 0 Å². The Kier molecular flexibility index (Phi) is 5.78. The average molecular weight is 354 g/mol. The largest absolute Gasteiger partial charge is 0.348 e. The normalized spacial score (nSPS) is 17.7. The third kappa shape index (κ3) is 4.54. The van der Waals surface area contributed by atoms with Crippen molar-refractivity contribution < 1.29 is 4.79 Å². The van der Waals surface area contributed by atoms with Gasteiger partial charge in [0, 0.05) is 44.6 Å². The van der Waals surface area contributed by atoms with Crippen LogP contribution in [0.2, 0.25) is 0 Å². The third-order valence-corrected chi connectivity index (χ3v) is 4.61. The summed E-state index contributed by atoms with van der Waals surface area (Å²) in [6.45, 7) is 4.17. The van der Waals surface area contributed by atoms with Crippen molar-refractivity contribution in [2.45, 2.75) is 25.7 Å². The number of hydrogen-bond acceptors (Lipinski definition) is 6. The first-order chi connectivity index (χ1) is 12.5. The van der Waals surface area contributed by atoms with Crippen molar-refractivity contribution in [3.8, 4) is 0 Å². The summed E-state index contributed by atoms with van der Waals surface area (Å²) < 4.78 is 0. The maximum absolute atomic E-state index is 12.0. The Morgan fingerprint density at radius 2 is 2.12 bits per heavy atom. The number of likely N-dealkylation sites (N-methyl/N-ethyl adjacent to an activating group) is 1. The highest BCUT2D eigenvalue weighted by molar-refractivity contribution is 5.77. The van der Waals surface area contributed by atoms with Crippen molar-refractivity contribution in [2.75, 3.05) is 39.0 Å². The van der Waals surface area contributed by atoms with E-state index in [4.69, 9.17) is 0 Å². The van der Waals surface area contributed by atoms with Gasteiger partial charge in [0.2, 0.25) is 5.91 Å². The predicted molar refractivity (Wildman–Crippen MR) is 101 cm³/mol. The number of aryl methyl sites for hydroxylation is 1. The predicted octanol–water partition coefficient (Wildman–Crippen LogP) is 2.19. The number of hydrogen-bond donors (Lipinski definition) is 1. The number of amides is 1. The number of rotatable bonds is 5. The number of carbonyl (C=O) groups excluding carboxylic acids is 1. The van der Waals surface area contributed by atoms with Gasteiger partial charge in [-0.15, -0.1) is 0 Å². The lowest BCUT2D eigenvalue weighted by Gasteiger charge is -2.33. The smallest absolute Gasteiger partial charge is 0.236 e. The number of aromatic nitrogens is 3. The molecule has 0 aromatic carbocycles. The van der Waals surface area contributed by atoms with Crippen molar-refractivity contribution in [3.63, 3.8) is 0 Å².